The Morgan fingerprint density at radius 3 is 2.54 bits per heavy atom. The second kappa shape index (κ2) is 8.15. The number of nitrogens with zero attached hydrogens (tertiary/aromatic N) is 4. The number of nitriles is 1. The Labute approximate surface area is 145 Å². The van der Waals surface area contributed by atoms with Crippen LogP contribution in [-0.2, 0) is 17.8 Å². The van der Waals surface area contributed by atoms with E-state index >= 15 is 0 Å². The summed E-state index contributed by atoms with van der Waals surface area (Å²) in [6.07, 6.45) is 4.69. The summed E-state index contributed by atoms with van der Waals surface area (Å²) in [5.74, 6) is 0.800. The fraction of sp³-hybridized carbons (Fsp3) is 0.737. The summed E-state index contributed by atoms with van der Waals surface area (Å²) in [6.45, 7) is 12.6. The van der Waals surface area contributed by atoms with Gasteiger partial charge in [0.2, 0.25) is 0 Å². The van der Waals surface area contributed by atoms with Crippen molar-refractivity contribution >= 4 is 0 Å². The Morgan fingerprint density at radius 2 is 1.96 bits per heavy atom. The SMILES string of the molecule is CCn1cc(CN2CCC(C(C)N3CCOCC3)CC2)cc1C#N. The molecule has 1 aromatic rings. The van der Waals surface area contributed by atoms with Crippen LogP contribution in [0.5, 0.6) is 0 Å². The van der Waals surface area contributed by atoms with Crippen LogP contribution in [0.1, 0.15) is 37.9 Å². The highest BCUT2D eigenvalue weighted by molar-refractivity contribution is 5.28. The highest BCUT2D eigenvalue weighted by Gasteiger charge is 2.28. The number of aryl methyl sites for hydroxylation is 1. The third-order valence-corrected chi connectivity index (χ3v) is 5.75. The number of rotatable bonds is 5. The quantitative estimate of drug-likeness (QED) is 0.831. The van der Waals surface area contributed by atoms with E-state index in [2.05, 4.69) is 35.9 Å². The number of hydrogen-bond donors (Lipinski definition) is 0. The lowest BCUT2D eigenvalue weighted by molar-refractivity contribution is -0.00192. The van der Waals surface area contributed by atoms with Crippen molar-refractivity contribution in [3.05, 3.63) is 23.5 Å². The molecule has 0 aromatic carbocycles. The molecule has 5 nitrogen and oxygen atoms in total. The van der Waals surface area contributed by atoms with Gasteiger partial charge in [-0.15, -0.1) is 0 Å². The predicted octanol–water partition coefficient (Wildman–Crippen LogP) is 2.31. The van der Waals surface area contributed by atoms with Crippen molar-refractivity contribution in [2.75, 3.05) is 39.4 Å². The van der Waals surface area contributed by atoms with E-state index in [0.717, 1.165) is 51.0 Å². The fourth-order valence-electron chi connectivity index (χ4n) is 4.14. The lowest BCUT2D eigenvalue weighted by Crippen LogP contribution is -2.48. The van der Waals surface area contributed by atoms with Gasteiger partial charge in [0, 0.05) is 38.4 Å². The number of hydrogen-bond acceptors (Lipinski definition) is 4. The molecule has 0 spiro atoms. The van der Waals surface area contributed by atoms with Crippen molar-refractivity contribution in [2.24, 2.45) is 5.92 Å². The van der Waals surface area contributed by atoms with Crippen LogP contribution in [0.25, 0.3) is 0 Å². The van der Waals surface area contributed by atoms with Crippen LogP contribution in [0.15, 0.2) is 12.3 Å². The van der Waals surface area contributed by atoms with Crippen LogP contribution in [0, 0.1) is 17.2 Å². The molecule has 2 fully saturated rings. The number of likely N-dealkylation sites (tertiary alicyclic amines) is 1. The molecule has 1 atom stereocenters. The number of morpholine rings is 1. The topological polar surface area (TPSA) is 44.4 Å². The zero-order chi connectivity index (χ0) is 16.9. The highest BCUT2D eigenvalue weighted by atomic mass is 16.5. The Hall–Kier alpha value is -1.35. The molecule has 3 heterocycles. The first-order chi connectivity index (χ1) is 11.7. The van der Waals surface area contributed by atoms with Crippen LogP contribution >= 0.6 is 0 Å². The summed E-state index contributed by atoms with van der Waals surface area (Å²) in [5, 5.41) is 9.19. The van der Waals surface area contributed by atoms with E-state index in [0.29, 0.717) is 6.04 Å². The van der Waals surface area contributed by atoms with Crippen molar-refractivity contribution in [3.63, 3.8) is 0 Å². The molecule has 1 unspecified atom stereocenters. The van der Waals surface area contributed by atoms with Gasteiger partial charge in [-0.2, -0.15) is 5.26 Å². The molecule has 0 bridgehead atoms. The summed E-state index contributed by atoms with van der Waals surface area (Å²) in [6, 6.07) is 5.01. The smallest absolute Gasteiger partial charge is 0.120 e. The van der Waals surface area contributed by atoms with E-state index in [1.807, 2.05) is 10.6 Å². The number of piperidine rings is 1. The molecule has 0 N–H and O–H groups in total. The van der Waals surface area contributed by atoms with Crippen molar-refractivity contribution in [1.29, 1.82) is 5.26 Å². The van der Waals surface area contributed by atoms with Crippen molar-refractivity contribution in [1.82, 2.24) is 14.4 Å². The molecule has 3 rings (SSSR count). The molecule has 24 heavy (non-hydrogen) atoms. The lowest BCUT2D eigenvalue weighted by Gasteiger charge is -2.41. The molecule has 2 aliphatic rings. The maximum atomic E-state index is 9.19. The minimum atomic E-state index is 0.669. The summed E-state index contributed by atoms with van der Waals surface area (Å²) in [5.41, 5.74) is 2.05. The molecule has 0 amide bonds. The minimum absolute atomic E-state index is 0.669. The van der Waals surface area contributed by atoms with Crippen LogP contribution in [-0.4, -0.2) is 59.8 Å². The van der Waals surface area contributed by atoms with Crippen molar-refractivity contribution in [2.45, 2.75) is 45.8 Å². The standard InChI is InChI=1S/C19H30N4O/c1-3-22-15-17(12-19(22)13-20)14-21-6-4-18(5-7-21)16(2)23-8-10-24-11-9-23/h12,15-16,18H,3-11,14H2,1-2H3. The molecular formula is C19H30N4O. The van der Waals surface area contributed by atoms with Gasteiger partial charge in [-0.3, -0.25) is 9.80 Å². The van der Waals surface area contributed by atoms with E-state index in [4.69, 9.17) is 4.74 Å². The second-order valence-electron chi connectivity index (χ2n) is 7.13. The van der Waals surface area contributed by atoms with Gasteiger partial charge in [-0.25, -0.2) is 0 Å². The van der Waals surface area contributed by atoms with E-state index in [1.54, 1.807) is 0 Å². The van der Waals surface area contributed by atoms with E-state index < -0.39 is 0 Å². The molecule has 0 aliphatic carbocycles. The highest BCUT2D eigenvalue weighted by Crippen LogP contribution is 2.25. The first-order valence-electron chi connectivity index (χ1n) is 9.34. The van der Waals surface area contributed by atoms with Crippen LogP contribution in [0.3, 0.4) is 0 Å². The summed E-state index contributed by atoms with van der Waals surface area (Å²) >= 11 is 0. The molecule has 5 heteroatoms. The predicted molar refractivity (Wildman–Crippen MR) is 94.7 cm³/mol. The monoisotopic (exact) mass is 330 g/mol. The zero-order valence-corrected chi connectivity index (χ0v) is 15.1. The minimum Gasteiger partial charge on any atom is -0.379 e. The van der Waals surface area contributed by atoms with Gasteiger partial charge in [0.15, 0.2) is 0 Å². The average Bonchev–Trinajstić information content (AvgIpc) is 3.04. The summed E-state index contributed by atoms with van der Waals surface area (Å²) < 4.78 is 7.52. The van der Waals surface area contributed by atoms with Crippen LogP contribution in [0.2, 0.25) is 0 Å². The maximum absolute atomic E-state index is 9.19. The normalized spacial score (nSPS) is 22.4. The van der Waals surface area contributed by atoms with Gasteiger partial charge in [0.1, 0.15) is 11.8 Å². The van der Waals surface area contributed by atoms with E-state index in [1.165, 1.54) is 31.5 Å². The summed E-state index contributed by atoms with van der Waals surface area (Å²) in [4.78, 5) is 5.14. The second-order valence-corrected chi connectivity index (χ2v) is 7.13. The third-order valence-electron chi connectivity index (χ3n) is 5.75. The van der Waals surface area contributed by atoms with Crippen LogP contribution < -0.4 is 0 Å². The Morgan fingerprint density at radius 1 is 1.25 bits per heavy atom. The van der Waals surface area contributed by atoms with Crippen molar-refractivity contribution < 1.29 is 4.74 Å². The maximum Gasteiger partial charge on any atom is 0.120 e. The molecule has 0 radical (unpaired) electrons. The van der Waals surface area contributed by atoms with Gasteiger partial charge in [-0.05, 0) is 57.3 Å². The number of ether oxygens (including phenoxy) is 1. The largest absolute Gasteiger partial charge is 0.379 e. The van der Waals surface area contributed by atoms with Gasteiger partial charge >= 0.3 is 0 Å². The molecule has 132 valence electrons. The van der Waals surface area contributed by atoms with E-state index in [9.17, 15) is 5.26 Å². The zero-order valence-electron chi connectivity index (χ0n) is 15.1. The first kappa shape index (κ1) is 17.5. The third kappa shape index (κ3) is 4.00. The number of aromatic nitrogens is 1. The molecule has 2 aliphatic heterocycles. The molecular weight excluding hydrogens is 300 g/mol. The first-order valence-corrected chi connectivity index (χ1v) is 9.34. The fourth-order valence-corrected chi connectivity index (χ4v) is 4.14. The average molecular weight is 330 g/mol. The van der Waals surface area contributed by atoms with Crippen LogP contribution in [0.4, 0.5) is 0 Å². The Kier molecular flexibility index (Phi) is 5.94. The Bertz CT molecular complexity index is 562. The molecule has 2 saturated heterocycles. The molecule has 1 aromatic heterocycles. The lowest BCUT2D eigenvalue weighted by atomic mass is 9.89. The molecule has 0 saturated carbocycles. The van der Waals surface area contributed by atoms with Crippen molar-refractivity contribution in [3.8, 4) is 6.07 Å². The van der Waals surface area contributed by atoms with Gasteiger partial charge in [0.25, 0.3) is 0 Å². The van der Waals surface area contributed by atoms with Gasteiger partial charge in [-0.1, -0.05) is 0 Å². The summed E-state index contributed by atoms with van der Waals surface area (Å²) in [7, 11) is 0. The Balaban J connectivity index is 1.50. The van der Waals surface area contributed by atoms with E-state index in [-0.39, 0.29) is 0 Å². The van der Waals surface area contributed by atoms with Gasteiger partial charge < -0.3 is 9.30 Å². The van der Waals surface area contributed by atoms with Gasteiger partial charge in [0.05, 0.1) is 13.2 Å².